The first-order chi connectivity index (χ1) is 12.2. The molecule has 1 aromatic carbocycles. The van der Waals surface area contributed by atoms with Crippen molar-refractivity contribution in [1.29, 1.82) is 0 Å². The van der Waals surface area contributed by atoms with Gasteiger partial charge in [0.1, 0.15) is 11.5 Å². The van der Waals surface area contributed by atoms with E-state index in [4.69, 9.17) is 9.47 Å². The first-order valence-corrected chi connectivity index (χ1v) is 9.28. The largest absolute Gasteiger partial charge is 0.497 e. The predicted molar refractivity (Wildman–Crippen MR) is 99.1 cm³/mol. The molecule has 2 aromatic rings. The number of benzene rings is 1. The third-order valence-corrected chi connectivity index (χ3v) is 5.15. The Labute approximate surface area is 151 Å². The van der Waals surface area contributed by atoms with Crippen molar-refractivity contribution in [3.8, 4) is 11.5 Å². The Kier molecular flexibility index (Phi) is 5.75. The Bertz CT molecular complexity index is 704. The standard InChI is InChI=1S/C18H23N3O3S/c1-23-15-9-13(10-16(11-15)24-2)17(22)19-6-5-14-12-25-18(20-14)21-7-3-4-8-21/h9-12H,3-8H2,1-2H3,(H,19,22). The summed E-state index contributed by atoms with van der Waals surface area (Å²) in [6.45, 7) is 2.74. The van der Waals surface area contributed by atoms with Crippen molar-refractivity contribution in [2.24, 2.45) is 0 Å². The molecule has 0 atom stereocenters. The highest BCUT2D eigenvalue weighted by atomic mass is 32.1. The average Bonchev–Trinajstić information content (AvgIpc) is 3.32. The Morgan fingerprint density at radius 2 is 1.88 bits per heavy atom. The van der Waals surface area contributed by atoms with Crippen LogP contribution in [0.4, 0.5) is 5.13 Å². The number of anilines is 1. The van der Waals surface area contributed by atoms with Gasteiger partial charge in [-0.15, -0.1) is 11.3 Å². The predicted octanol–water partition coefficient (Wildman–Crippen LogP) is 2.73. The summed E-state index contributed by atoms with van der Waals surface area (Å²) in [6, 6.07) is 5.14. The first-order valence-electron chi connectivity index (χ1n) is 8.40. The van der Waals surface area contributed by atoms with Crippen molar-refractivity contribution in [1.82, 2.24) is 10.3 Å². The van der Waals surface area contributed by atoms with E-state index in [9.17, 15) is 4.79 Å². The van der Waals surface area contributed by atoms with E-state index < -0.39 is 0 Å². The van der Waals surface area contributed by atoms with Crippen LogP contribution in [-0.4, -0.2) is 44.7 Å². The molecule has 0 saturated carbocycles. The molecule has 1 amide bonds. The van der Waals surface area contributed by atoms with Crippen molar-refractivity contribution in [2.75, 3.05) is 38.8 Å². The van der Waals surface area contributed by atoms with Gasteiger partial charge >= 0.3 is 0 Å². The summed E-state index contributed by atoms with van der Waals surface area (Å²) in [6.07, 6.45) is 3.21. The van der Waals surface area contributed by atoms with Crippen LogP contribution < -0.4 is 19.7 Å². The molecule has 1 aliphatic rings. The van der Waals surface area contributed by atoms with Crippen molar-refractivity contribution >= 4 is 22.4 Å². The fraction of sp³-hybridized carbons (Fsp3) is 0.444. The normalized spacial score (nSPS) is 13.8. The molecule has 0 spiro atoms. The topological polar surface area (TPSA) is 63.7 Å². The molecule has 0 radical (unpaired) electrons. The monoisotopic (exact) mass is 361 g/mol. The summed E-state index contributed by atoms with van der Waals surface area (Å²) in [5.41, 5.74) is 1.54. The molecule has 0 unspecified atom stereocenters. The van der Waals surface area contributed by atoms with E-state index in [2.05, 4.69) is 20.6 Å². The lowest BCUT2D eigenvalue weighted by Gasteiger charge is -2.12. The second-order valence-corrected chi connectivity index (χ2v) is 6.76. The smallest absolute Gasteiger partial charge is 0.251 e. The third-order valence-electron chi connectivity index (χ3n) is 4.20. The van der Waals surface area contributed by atoms with Gasteiger partial charge in [0.25, 0.3) is 5.91 Å². The van der Waals surface area contributed by atoms with Crippen molar-refractivity contribution in [3.05, 3.63) is 34.8 Å². The maximum atomic E-state index is 12.3. The van der Waals surface area contributed by atoms with Crippen LogP contribution in [0.25, 0.3) is 0 Å². The van der Waals surface area contributed by atoms with Gasteiger partial charge in [0.15, 0.2) is 5.13 Å². The van der Waals surface area contributed by atoms with Crippen molar-refractivity contribution in [3.63, 3.8) is 0 Å². The number of nitrogens with one attached hydrogen (secondary N) is 1. The number of carbonyl (C=O) groups is 1. The molecule has 7 heteroatoms. The van der Waals surface area contributed by atoms with Gasteiger partial charge in [0.2, 0.25) is 0 Å². The lowest BCUT2D eigenvalue weighted by Crippen LogP contribution is -2.26. The van der Waals surface area contributed by atoms with Crippen molar-refractivity contribution in [2.45, 2.75) is 19.3 Å². The maximum absolute atomic E-state index is 12.3. The van der Waals surface area contributed by atoms with Gasteiger partial charge in [-0.25, -0.2) is 4.98 Å². The van der Waals surface area contributed by atoms with E-state index in [1.165, 1.54) is 12.8 Å². The molecule has 1 N–H and O–H groups in total. The Morgan fingerprint density at radius 3 is 2.52 bits per heavy atom. The fourth-order valence-corrected chi connectivity index (χ4v) is 3.72. The summed E-state index contributed by atoms with van der Waals surface area (Å²) >= 11 is 1.68. The van der Waals surface area contributed by atoms with E-state index in [1.807, 2.05) is 0 Å². The number of hydrogen-bond acceptors (Lipinski definition) is 6. The van der Waals surface area contributed by atoms with Gasteiger partial charge in [-0.3, -0.25) is 4.79 Å². The highest BCUT2D eigenvalue weighted by Gasteiger charge is 2.15. The summed E-state index contributed by atoms with van der Waals surface area (Å²) in [5.74, 6) is 1.05. The number of amides is 1. The summed E-state index contributed by atoms with van der Waals surface area (Å²) in [5, 5.41) is 6.10. The minimum Gasteiger partial charge on any atom is -0.497 e. The highest BCUT2D eigenvalue weighted by Crippen LogP contribution is 2.25. The van der Waals surface area contributed by atoms with E-state index in [1.54, 1.807) is 43.8 Å². The Hall–Kier alpha value is -2.28. The van der Waals surface area contributed by atoms with Gasteiger partial charge in [0, 0.05) is 43.1 Å². The molecule has 3 rings (SSSR count). The zero-order valence-corrected chi connectivity index (χ0v) is 15.4. The molecule has 134 valence electrons. The number of rotatable bonds is 7. The molecule has 0 aliphatic carbocycles. The molecule has 0 bridgehead atoms. The SMILES string of the molecule is COc1cc(OC)cc(C(=O)NCCc2csc(N3CCCC3)n2)c1. The van der Waals surface area contributed by atoms with Crippen LogP contribution in [0.1, 0.15) is 28.9 Å². The lowest BCUT2D eigenvalue weighted by atomic mass is 10.2. The van der Waals surface area contributed by atoms with Gasteiger partial charge < -0.3 is 19.7 Å². The molecule has 1 saturated heterocycles. The third kappa shape index (κ3) is 4.42. The molecule has 2 heterocycles. The van der Waals surface area contributed by atoms with Crippen LogP contribution in [0, 0.1) is 0 Å². The van der Waals surface area contributed by atoms with Crippen LogP contribution in [0.15, 0.2) is 23.6 Å². The van der Waals surface area contributed by atoms with E-state index >= 15 is 0 Å². The van der Waals surface area contributed by atoms with Gasteiger partial charge in [-0.2, -0.15) is 0 Å². The number of hydrogen-bond donors (Lipinski definition) is 1. The first kappa shape index (κ1) is 17.5. The highest BCUT2D eigenvalue weighted by molar-refractivity contribution is 7.13. The zero-order valence-electron chi connectivity index (χ0n) is 14.6. The zero-order chi connectivity index (χ0) is 17.6. The lowest BCUT2D eigenvalue weighted by molar-refractivity contribution is 0.0953. The Balaban J connectivity index is 1.54. The van der Waals surface area contributed by atoms with Crippen LogP contribution >= 0.6 is 11.3 Å². The number of nitrogens with zero attached hydrogens (tertiary/aromatic N) is 2. The van der Waals surface area contributed by atoms with E-state index in [-0.39, 0.29) is 5.91 Å². The number of thiazole rings is 1. The molecule has 6 nitrogen and oxygen atoms in total. The minimum atomic E-state index is -0.146. The van der Waals surface area contributed by atoms with Crippen molar-refractivity contribution < 1.29 is 14.3 Å². The van der Waals surface area contributed by atoms with Crippen LogP contribution in [0.5, 0.6) is 11.5 Å². The van der Waals surface area contributed by atoms with E-state index in [0.29, 0.717) is 23.6 Å². The molecular formula is C18H23N3O3S. The quantitative estimate of drug-likeness (QED) is 0.821. The Morgan fingerprint density at radius 1 is 1.20 bits per heavy atom. The fourth-order valence-electron chi connectivity index (χ4n) is 2.81. The second-order valence-electron chi connectivity index (χ2n) is 5.92. The van der Waals surface area contributed by atoms with Crippen LogP contribution in [0.2, 0.25) is 0 Å². The number of aromatic nitrogens is 1. The molecule has 1 aromatic heterocycles. The number of carbonyl (C=O) groups excluding carboxylic acids is 1. The van der Waals surface area contributed by atoms with Gasteiger partial charge in [-0.05, 0) is 25.0 Å². The molecular weight excluding hydrogens is 338 g/mol. The summed E-state index contributed by atoms with van der Waals surface area (Å²) in [7, 11) is 3.13. The summed E-state index contributed by atoms with van der Waals surface area (Å²) < 4.78 is 10.4. The molecule has 1 aliphatic heterocycles. The molecule has 25 heavy (non-hydrogen) atoms. The van der Waals surface area contributed by atoms with Crippen LogP contribution in [0.3, 0.4) is 0 Å². The maximum Gasteiger partial charge on any atom is 0.251 e. The van der Waals surface area contributed by atoms with Gasteiger partial charge in [-0.1, -0.05) is 0 Å². The number of methoxy groups -OCH3 is 2. The molecule has 1 fully saturated rings. The number of ether oxygens (including phenoxy) is 2. The van der Waals surface area contributed by atoms with Gasteiger partial charge in [0.05, 0.1) is 19.9 Å². The minimum absolute atomic E-state index is 0.146. The van der Waals surface area contributed by atoms with E-state index in [0.717, 1.165) is 30.3 Å². The second kappa shape index (κ2) is 8.20. The summed E-state index contributed by atoms with van der Waals surface area (Å²) in [4.78, 5) is 19.3. The average molecular weight is 361 g/mol. The van der Waals surface area contributed by atoms with Crippen LogP contribution in [-0.2, 0) is 6.42 Å².